The molecule has 1 aliphatic rings. The molecular formula is C28H29N7O. The first kappa shape index (κ1) is 22.5. The number of methoxy groups -OCH3 is 1. The minimum Gasteiger partial charge on any atom is -0.384 e. The second-order valence-corrected chi connectivity index (χ2v) is 9.35. The number of nitrogens with one attached hydrogen (secondary N) is 1. The Kier molecular flexibility index (Phi) is 5.81. The van der Waals surface area contributed by atoms with Crippen molar-refractivity contribution >= 4 is 11.2 Å². The fraction of sp³-hybridized carbons (Fsp3) is 0.321. The van der Waals surface area contributed by atoms with Crippen LogP contribution in [0.2, 0.25) is 0 Å². The molecular weight excluding hydrogens is 450 g/mol. The van der Waals surface area contributed by atoms with Crippen LogP contribution in [0, 0.1) is 6.92 Å². The number of aromatic nitrogens is 7. The first-order valence-corrected chi connectivity index (χ1v) is 12.5. The van der Waals surface area contributed by atoms with E-state index in [1.54, 1.807) is 7.11 Å². The van der Waals surface area contributed by atoms with E-state index in [1.165, 1.54) is 16.7 Å². The fourth-order valence-corrected chi connectivity index (χ4v) is 5.48. The summed E-state index contributed by atoms with van der Waals surface area (Å²) in [7, 11) is 1.73. The molecule has 0 saturated heterocycles. The van der Waals surface area contributed by atoms with Gasteiger partial charge in [0.05, 0.1) is 12.6 Å². The summed E-state index contributed by atoms with van der Waals surface area (Å²) in [6, 6.07) is 17.4. The number of tetrazole rings is 1. The average Bonchev–Trinajstić information content (AvgIpc) is 3.65. The summed E-state index contributed by atoms with van der Waals surface area (Å²) in [6.45, 7) is 4.97. The molecule has 8 nitrogen and oxygen atoms in total. The third-order valence-corrected chi connectivity index (χ3v) is 7.17. The molecule has 3 aromatic heterocycles. The molecule has 5 aromatic rings. The lowest BCUT2D eigenvalue weighted by Crippen LogP contribution is -2.12. The highest BCUT2D eigenvalue weighted by Crippen LogP contribution is 2.40. The average molecular weight is 480 g/mol. The highest BCUT2D eigenvalue weighted by Gasteiger charge is 2.29. The normalized spacial score (nSPS) is 15.0. The van der Waals surface area contributed by atoms with E-state index in [1.807, 2.05) is 12.1 Å². The maximum absolute atomic E-state index is 5.30. The predicted molar refractivity (Wildman–Crippen MR) is 139 cm³/mol. The molecule has 0 aliphatic heterocycles. The number of ether oxygens (including phenoxy) is 1. The van der Waals surface area contributed by atoms with Gasteiger partial charge in [-0.3, -0.25) is 0 Å². The van der Waals surface area contributed by atoms with Crippen molar-refractivity contribution in [3.05, 3.63) is 76.7 Å². The molecule has 0 fully saturated rings. The third kappa shape index (κ3) is 3.78. The van der Waals surface area contributed by atoms with Gasteiger partial charge in [-0.15, -0.1) is 10.2 Å². The van der Waals surface area contributed by atoms with E-state index in [2.05, 4.69) is 75.4 Å². The number of fused-ring (bicyclic) bond motifs is 2. The lowest BCUT2D eigenvalue weighted by atomic mass is 9.96. The summed E-state index contributed by atoms with van der Waals surface area (Å²) in [5.41, 5.74) is 10.2. The number of aryl methyl sites for hydroxylation is 3. The molecule has 0 bridgehead atoms. The van der Waals surface area contributed by atoms with Crippen LogP contribution in [0.4, 0.5) is 0 Å². The Bertz CT molecular complexity index is 1540. The van der Waals surface area contributed by atoms with Gasteiger partial charge < -0.3 is 9.30 Å². The van der Waals surface area contributed by atoms with Gasteiger partial charge in [-0.05, 0) is 58.9 Å². The molecule has 8 heteroatoms. The Morgan fingerprint density at radius 2 is 1.94 bits per heavy atom. The van der Waals surface area contributed by atoms with Gasteiger partial charge in [0.15, 0.2) is 5.65 Å². The van der Waals surface area contributed by atoms with Crippen LogP contribution in [0.5, 0.6) is 0 Å². The van der Waals surface area contributed by atoms with Crippen LogP contribution in [-0.2, 0) is 24.0 Å². The van der Waals surface area contributed by atoms with Crippen molar-refractivity contribution in [2.75, 3.05) is 13.7 Å². The summed E-state index contributed by atoms with van der Waals surface area (Å²) in [6.07, 6.45) is 3.71. The summed E-state index contributed by atoms with van der Waals surface area (Å²) in [5.74, 6) is 1.70. The van der Waals surface area contributed by atoms with Crippen LogP contribution in [-0.4, -0.2) is 48.9 Å². The van der Waals surface area contributed by atoms with Crippen LogP contribution < -0.4 is 0 Å². The zero-order valence-corrected chi connectivity index (χ0v) is 20.8. The lowest BCUT2D eigenvalue weighted by Gasteiger charge is -2.18. The standard InChI is InChI=1S/C28H29N7O/c1-4-25-30-26-17(2)15-20(13-14-36-3)29-28(26)35(25)24-12-10-19-16-18(9-11-22(19)24)21-7-5-6-8-23(21)27-31-33-34-32-27/h5-9,11,15-16,24H,4,10,12-14H2,1-3H3,(H,31,32,33,34)/t24-/m1/s1. The molecule has 0 radical (unpaired) electrons. The topological polar surface area (TPSA) is 94.4 Å². The SMILES string of the molecule is CCc1nc2c(C)cc(CCOC)nc2n1[C@@H]1CCc2cc(-c3ccccc3-c3nn[nH]n3)ccc21. The molecule has 182 valence electrons. The first-order chi connectivity index (χ1) is 17.7. The zero-order chi connectivity index (χ0) is 24.6. The van der Waals surface area contributed by atoms with E-state index in [0.717, 1.165) is 65.1 Å². The summed E-state index contributed by atoms with van der Waals surface area (Å²) >= 11 is 0. The van der Waals surface area contributed by atoms with Crippen LogP contribution in [0.25, 0.3) is 33.7 Å². The molecule has 0 unspecified atom stereocenters. The number of H-pyrrole nitrogens is 1. The highest BCUT2D eigenvalue weighted by molar-refractivity contribution is 5.81. The molecule has 3 heterocycles. The van der Waals surface area contributed by atoms with Gasteiger partial charge in [-0.1, -0.05) is 49.4 Å². The summed E-state index contributed by atoms with van der Waals surface area (Å²) in [4.78, 5) is 10.1. The van der Waals surface area contributed by atoms with E-state index in [-0.39, 0.29) is 6.04 Å². The predicted octanol–water partition coefficient (Wildman–Crippen LogP) is 4.87. The van der Waals surface area contributed by atoms with Crippen molar-refractivity contribution in [2.45, 2.75) is 45.6 Å². The van der Waals surface area contributed by atoms with Crippen LogP contribution in [0.3, 0.4) is 0 Å². The van der Waals surface area contributed by atoms with Gasteiger partial charge in [0, 0.05) is 31.2 Å². The minimum absolute atomic E-state index is 0.228. The number of nitrogens with zero attached hydrogens (tertiary/aromatic N) is 6. The van der Waals surface area contributed by atoms with Crippen LogP contribution in [0.1, 0.15) is 47.6 Å². The lowest BCUT2D eigenvalue weighted by molar-refractivity contribution is 0.201. The molecule has 2 aromatic carbocycles. The van der Waals surface area contributed by atoms with E-state index < -0.39 is 0 Å². The Morgan fingerprint density at radius 1 is 1.08 bits per heavy atom. The third-order valence-electron chi connectivity index (χ3n) is 7.17. The highest BCUT2D eigenvalue weighted by atomic mass is 16.5. The molecule has 6 rings (SSSR count). The Balaban J connectivity index is 1.43. The van der Waals surface area contributed by atoms with Gasteiger partial charge in [0.2, 0.25) is 5.82 Å². The Morgan fingerprint density at radius 3 is 2.72 bits per heavy atom. The van der Waals surface area contributed by atoms with Gasteiger partial charge in [-0.2, -0.15) is 5.21 Å². The van der Waals surface area contributed by atoms with Crippen molar-refractivity contribution in [1.82, 2.24) is 35.2 Å². The maximum Gasteiger partial charge on any atom is 0.205 e. The van der Waals surface area contributed by atoms with Crippen molar-refractivity contribution in [3.8, 4) is 22.5 Å². The maximum atomic E-state index is 5.30. The van der Waals surface area contributed by atoms with E-state index in [9.17, 15) is 0 Å². The van der Waals surface area contributed by atoms with Crippen molar-refractivity contribution in [2.24, 2.45) is 0 Å². The van der Waals surface area contributed by atoms with Crippen molar-refractivity contribution in [1.29, 1.82) is 0 Å². The number of aromatic amines is 1. The second kappa shape index (κ2) is 9.28. The van der Waals surface area contributed by atoms with E-state index in [0.29, 0.717) is 12.4 Å². The fourth-order valence-electron chi connectivity index (χ4n) is 5.48. The second-order valence-electron chi connectivity index (χ2n) is 9.35. The van der Waals surface area contributed by atoms with Crippen molar-refractivity contribution in [3.63, 3.8) is 0 Å². The van der Waals surface area contributed by atoms with Gasteiger partial charge >= 0.3 is 0 Å². The largest absolute Gasteiger partial charge is 0.384 e. The van der Waals surface area contributed by atoms with Gasteiger partial charge in [0.25, 0.3) is 0 Å². The molecule has 1 atom stereocenters. The molecule has 36 heavy (non-hydrogen) atoms. The van der Waals surface area contributed by atoms with Crippen molar-refractivity contribution < 1.29 is 4.74 Å². The van der Waals surface area contributed by atoms with Crippen LogP contribution in [0.15, 0.2) is 48.5 Å². The number of hydrogen-bond donors (Lipinski definition) is 1. The minimum atomic E-state index is 0.228. The van der Waals surface area contributed by atoms with Gasteiger partial charge in [-0.25, -0.2) is 9.97 Å². The number of benzene rings is 2. The molecule has 0 spiro atoms. The first-order valence-electron chi connectivity index (χ1n) is 12.5. The quantitative estimate of drug-likeness (QED) is 0.358. The Hall–Kier alpha value is -3.91. The number of pyridine rings is 1. The van der Waals surface area contributed by atoms with E-state index in [4.69, 9.17) is 14.7 Å². The number of rotatable bonds is 7. The summed E-state index contributed by atoms with van der Waals surface area (Å²) in [5, 5.41) is 14.7. The zero-order valence-electron chi connectivity index (χ0n) is 20.8. The van der Waals surface area contributed by atoms with Gasteiger partial charge in [0.1, 0.15) is 11.3 Å². The Labute approximate surface area is 209 Å². The van der Waals surface area contributed by atoms with Crippen LogP contribution >= 0.6 is 0 Å². The van der Waals surface area contributed by atoms with E-state index >= 15 is 0 Å². The molecule has 0 saturated carbocycles. The molecule has 0 amide bonds. The summed E-state index contributed by atoms with van der Waals surface area (Å²) < 4.78 is 7.69. The molecule has 1 aliphatic carbocycles. The monoisotopic (exact) mass is 479 g/mol. The number of hydrogen-bond acceptors (Lipinski definition) is 6. The molecule has 1 N–H and O–H groups in total. The smallest absolute Gasteiger partial charge is 0.205 e. The number of imidazole rings is 1.